The molecule has 1 atom stereocenters. The molecule has 1 N–H and O–H groups in total. The Bertz CT molecular complexity index is 1070. The van der Waals surface area contributed by atoms with Gasteiger partial charge in [0.25, 0.3) is 5.91 Å². The molecule has 0 saturated carbocycles. The first-order chi connectivity index (χ1) is 13.9. The molecule has 0 aliphatic heterocycles. The summed E-state index contributed by atoms with van der Waals surface area (Å²) in [4.78, 5) is 13.0. The quantitative estimate of drug-likeness (QED) is 0.682. The summed E-state index contributed by atoms with van der Waals surface area (Å²) in [6.45, 7) is 5.49. The van der Waals surface area contributed by atoms with E-state index < -0.39 is 0 Å². The maximum Gasteiger partial charge on any atom is 0.256 e. The lowest BCUT2D eigenvalue weighted by Crippen LogP contribution is -2.28. The fourth-order valence-electron chi connectivity index (χ4n) is 3.37. The van der Waals surface area contributed by atoms with E-state index in [2.05, 4.69) is 11.4 Å². The number of furan rings is 1. The number of benzene rings is 1. The maximum atomic E-state index is 13.0. The summed E-state index contributed by atoms with van der Waals surface area (Å²) < 4.78 is 18.1. The van der Waals surface area contributed by atoms with Crippen molar-refractivity contribution >= 4 is 5.91 Å². The third-order valence-corrected chi connectivity index (χ3v) is 4.83. The van der Waals surface area contributed by atoms with E-state index in [-0.39, 0.29) is 23.1 Å². The van der Waals surface area contributed by atoms with Crippen molar-refractivity contribution in [2.24, 2.45) is 0 Å². The first-order valence-corrected chi connectivity index (χ1v) is 9.11. The van der Waals surface area contributed by atoms with Crippen LogP contribution in [0.2, 0.25) is 0 Å². The summed E-state index contributed by atoms with van der Waals surface area (Å²) in [5.74, 6) is 1.55. The number of aryl methyl sites for hydroxylation is 2. The monoisotopic (exact) mass is 393 g/mol. The van der Waals surface area contributed by atoms with Crippen LogP contribution in [0.4, 0.5) is 0 Å². The molecule has 2 aromatic heterocycles. The highest BCUT2D eigenvalue weighted by atomic mass is 16.5. The third kappa shape index (κ3) is 3.69. The largest absolute Gasteiger partial charge is 0.493 e. The Morgan fingerprint density at radius 1 is 1.17 bits per heavy atom. The molecule has 3 aromatic rings. The number of hydrogen-bond acceptors (Lipinski definition) is 5. The summed E-state index contributed by atoms with van der Waals surface area (Å²) in [5, 5.41) is 12.6. The molecular formula is C22H23N3O4. The van der Waals surface area contributed by atoms with Crippen LogP contribution in [0.25, 0.3) is 5.88 Å². The van der Waals surface area contributed by atoms with Crippen LogP contribution in [0.5, 0.6) is 11.5 Å². The molecule has 7 heteroatoms. The molecule has 150 valence electrons. The van der Waals surface area contributed by atoms with E-state index in [0.29, 0.717) is 23.1 Å². The Balaban J connectivity index is 1.93. The SMILES string of the molecule is COc1cc(C)c(C(C)NC(=O)c2c(C)oc(-n3cccc3)c2C#N)cc1OC. The highest BCUT2D eigenvalue weighted by Gasteiger charge is 2.26. The minimum Gasteiger partial charge on any atom is -0.493 e. The number of methoxy groups -OCH3 is 2. The number of aromatic nitrogens is 1. The Morgan fingerprint density at radius 2 is 1.79 bits per heavy atom. The Labute approximate surface area is 169 Å². The van der Waals surface area contributed by atoms with E-state index in [4.69, 9.17) is 13.9 Å². The Kier molecular flexibility index (Phi) is 5.64. The molecule has 0 aliphatic rings. The molecule has 0 aliphatic carbocycles. The normalized spacial score (nSPS) is 11.6. The molecule has 0 spiro atoms. The van der Waals surface area contributed by atoms with Crippen molar-refractivity contribution in [2.45, 2.75) is 26.8 Å². The van der Waals surface area contributed by atoms with Gasteiger partial charge < -0.3 is 19.2 Å². The number of carbonyl (C=O) groups excluding carboxylic acids is 1. The third-order valence-electron chi connectivity index (χ3n) is 4.83. The second kappa shape index (κ2) is 8.15. The van der Waals surface area contributed by atoms with Crippen molar-refractivity contribution in [1.29, 1.82) is 5.26 Å². The molecule has 1 aromatic carbocycles. The highest BCUT2D eigenvalue weighted by molar-refractivity contribution is 5.98. The van der Waals surface area contributed by atoms with Crippen LogP contribution in [0.3, 0.4) is 0 Å². The number of nitrogens with zero attached hydrogens (tertiary/aromatic N) is 2. The van der Waals surface area contributed by atoms with Gasteiger partial charge in [0.15, 0.2) is 11.5 Å². The molecule has 3 rings (SSSR count). The van der Waals surface area contributed by atoms with Gasteiger partial charge in [-0.15, -0.1) is 0 Å². The molecular weight excluding hydrogens is 370 g/mol. The number of hydrogen-bond donors (Lipinski definition) is 1. The predicted molar refractivity (Wildman–Crippen MR) is 108 cm³/mol. The summed E-state index contributed by atoms with van der Waals surface area (Å²) >= 11 is 0. The van der Waals surface area contributed by atoms with Crippen molar-refractivity contribution in [2.75, 3.05) is 14.2 Å². The van der Waals surface area contributed by atoms with Crippen molar-refractivity contribution in [3.63, 3.8) is 0 Å². The second-order valence-corrected chi connectivity index (χ2v) is 6.67. The van der Waals surface area contributed by atoms with Crippen LogP contribution in [0, 0.1) is 25.2 Å². The Hall–Kier alpha value is -3.66. The maximum absolute atomic E-state index is 13.0. The van der Waals surface area contributed by atoms with E-state index in [9.17, 15) is 10.1 Å². The fraction of sp³-hybridized carbons (Fsp3) is 0.273. The van der Waals surface area contributed by atoms with Crippen molar-refractivity contribution in [1.82, 2.24) is 9.88 Å². The van der Waals surface area contributed by atoms with Gasteiger partial charge in [0.05, 0.1) is 20.3 Å². The highest BCUT2D eigenvalue weighted by Crippen LogP contribution is 2.33. The van der Waals surface area contributed by atoms with Gasteiger partial charge in [-0.25, -0.2) is 0 Å². The molecule has 0 bridgehead atoms. The van der Waals surface area contributed by atoms with Gasteiger partial charge in [-0.05, 0) is 56.2 Å². The number of nitrogens with one attached hydrogen (secondary N) is 1. The number of ether oxygens (including phenoxy) is 2. The van der Waals surface area contributed by atoms with Gasteiger partial charge in [-0.2, -0.15) is 5.26 Å². The molecule has 29 heavy (non-hydrogen) atoms. The minimum atomic E-state index is -0.372. The molecule has 7 nitrogen and oxygen atoms in total. The smallest absolute Gasteiger partial charge is 0.256 e. The van der Waals surface area contributed by atoms with E-state index in [0.717, 1.165) is 11.1 Å². The van der Waals surface area contributed by atoms with Crippen molar-refractivity contribution < 1.29 is 18.7 Å². The van der Waals surface area contributed by atoms with Gasteiger partial charge in [-0.1, -0.05) is 0 Å². The number of nitriles is 1. The van der Waals surface area contributed by atoms with Crippen molar-refractivity contribution in [3.8, 4) is 23.5 Å². The van der Waals surface area contributed by atoms with Crippen LogP contribution < -0.4 is 14.8 Å². The zero-order valence-electron chi connectivity index (χ0n) is 17.1. The van der Waals surface area contributed by atoms with Crippen LogP contribution in [0.1, 0.15) is 45.8 Å². The molecule has 1 amide bonds. The first kappa shape index (κ1) is 20.1. The van der Waals surface area contributed by atoms with E-state index >= 15 is 0 Å². The van der Waals surface area contributed by atoms with E-state index in [1.54, 1.807) is 38.1 Å². The number of amides is 1. The lowest BCUT2D eigenvalue weighted by Gasteiger charge is -2.19. The van der Waals surface area contributed by atoms with Gasteiger partial charge in [0.1, 0.15) is 23.0 Å². The predicted octanol–water partition coefficient (Wildman–Crippen LogP) is 4.07. The summed E-state index contributed by atoms with van der Waals surface area (Å²) in [5.41, 5.74) is 2.28. The number of carbonyl (C=O) groups is 1. The zero-order chi connectivity index (χ0) is 21.1. The molecule has 0 fully saturated rings. The summed E-state index contributed by atoms with van der Waals surface area (Å²) in [7, 11) is 3.15. The van der Waals surface area contributed by atoms with Crippen molar-refractivity contribution in [3.05, 3.63) is 64.7 Å². The zero-order valence-corrected chi connectivity index (χ0v) is 17.1. The molecule has 1 unspecified atom stereocenters. The fourth-order valence-corrected chi connectivity index (χ4v) is 3.37. The van der Waals surface area contributed by atoms with Crippen LogP contribution in [0.15, 0.2) is 41.1 Å². The average molecular weight is 393 g/mol. The van der Waals surface area contributed by atoms with Gasteiger partial charge in [0, 0.05) is 12.4 Å². The average Bonchev–Trinajstić information content (AvgIpc) is 3.34. The molecule has 0 radical (unpaired) electrons. The minimum absolute atomic E-state index is 0.201. The lowest BCUT2D eigenvalue weighted by molar-refractivity contribution is 0.0938. The van der Waals surface area contributed by atoms with Gasteiger partial charge in [-0.3, -0.25) is 9.36 Å². The van der Waals surface area contributed by atoms with E-state index in [1.807, 2.05) is 38.1 Å². The van der Waals surface area contributed by atoms with Gasteiger partial charge in [0.2, 0.25) is 5.88 Å². The van der Waals surface area contributed by atoms with Crippen LogP contribution in [-0.2, 0) is 0 Å². The second-order valence-electron chi connectivity index (χ2n) is 6.67. The van der Waals surface area contributed by atoms with Gasteiger partial charge >= 0.3 is 0 Å². The van der Waals surface area contributed by atoms with E-state index in [1.165, 1.54) is 0 Å². The first-order valence-electron chi connectivity index (χ1n) is 9.11. The molecule has 2 heterocycles. The standard InChI is InChI=1S/C22H23N3O4/c1-13-10-18(27-4)19(28-5)11-16(13)14(2)24-21(26)20-15(3)29-22(17(20)12-23)25-8-6-7-9-25/h6-11,14H,1-5H3,(H,24,26). The van der Waals surface area contributed by atoms with Crippen LogP contribution in [-0.4, -0.2) is 24.7 Å². The topological polar surface area (TPSA) is 89.4 Å². The van der Waals surface area contributed by atoms with Crippen LogP contribution >= 0.6 is 0 Å². The summed E-state index contributed by atoms with van der Waals surface area (Å²) in [6, 6.07) is 9.13. The molecule has 0 saturated heterocycles. The lowest BCUT2D eigenvalue weighted by atomic mass is 10.0. The number of rotatable bonds is 6. The Morgan fingerprint density at radius 3 is 2.38 bits per heavy atom. The summed E-state index contributed by atoms with van der Waals surface area (Å²) in [6.07, 6.45) is 3.52.